The average molecular weight is 365 g/mol. The first kappa shape index (κ1) is 19.1. The lowest BCUT2D eigenvalue weighted by atomic mass is 10.1. The summed E-state index contributed by atoms with van der Waals surface area (Å²) < 4.78 is 32.5. The number of carbonyl (C=O) groups excluding carboxylic acids is 1. The Balaban J connectivity index is 1.94. The van der Waals surface area contributed by atoms with Crippen LogP contribution in [-0.4, -0.2) is 32.4 Å². The number of carbonyl (C=O) groups is 1. The molecule has 7 nitrogen and oxygen atoms in total. The second kappa shape index (κ2) is 8.26. The molecule has 0 unspecified atom stereocenters. The smallest absolute Gasteiger partial charge is 0.240 e. The zero-order valence-corrected chi connectivity index (χ0v) is 15.4. The first-order valence-corrected chi connectivity index (χ1v) is 9.56. The van der Waals surface area contributed by atoms with Gasteiger partial charge in [0.2, 0.25) is 15.9 Å². The summed E-state index contributed by atoms with van der Waals surface area (Å²) in [4.78, 5) is 15.2. The number of oxazole rings is 1. The summed E-state index contributed by atoms with van der Waals surface area (Å²) in [6.45, 7) is 5.91. The molecule has 0 radical (unpaired) electrons. The van der Waals surface area contributed by atoms with Crippen LogP contribution in [0.3, 0.4) is 0 Å². The van der Waals surface area contributed by atoms with E-state index in [9.17, 15) is 13.2 Å². The second-order valence-electron chi connectivity index (χ2n) is 5.75. The van der Waals surface area contributed by atoms with E-state index in [2.05, 4.69) is 15.0 Å². The molecule has 136 valence electrons. The molecule has 2 rings (SSSR count). The predicted molar refractivity (Wildman–Crippen MR) is 94.5 cm³/mol. The maximum absolute atomic E-state index is 12.3. The molecule has 8 heteroatoms. The minimum atomic E-state index is -3.55. The van der Waals surface area contributed by atoms with Gasteiger partial charge in [-0.3, -0.25) is 4.79 Å². The van der Waals surface area contributed by atoms with E-state index < -0.39 is 10.0 Å². The highest BCUT2D eigenvalue weighted by Crippen LogP contribution is 2.24. The number of rotatable bonds is 8. The average Bonchev–Trinajstić information content (AvgIpc) is 2.89. The van der Waals surface area contributed by atoms with Crippen molar-refractivity contribution in [3.05, 3.63) is 35.9 Å². The quantitative estimate of drug-likeness (QED) is 0.698. The Hall–Kier alpha value is -2.19. The molecule has 0 aliphatic carbocycles. The first-order valence-electron chi connectivity index (χ1n) is 8.08. The van der Waals surface area contributed by atoms with Gasteiger partial charge in [-0.25, -0.2) is 18.1 Å². The summed E-state index contributed by atoms with van der Waals surface area (Å²) in [5.74, 6) is 1.19. The number of nitrogens with zero attached hydrogens (tertiary/aromatic N) is 1. The van der Waals surface area contributed by atoms with Crippen LogP contribution in [0, 0.1) is 13.8 Å². The van der Waals surface area contributed by atoms with Crippen molar-refractivity contribution in [3.63, 3.8) is 0 Å². The molecule has 0 fully saturated rings. The molecule has 1 aromatic heterocycles. The molecule has 2 aromatic rings. The topological polar surface area (TPSA) is 101 Å². The number of hydrogen-bond donors (Lipinski definition) is 2. The van der Waals surface area contributed by atoms with Crippen LogP contribution in [-0.2, 0) is 14.8 Å². The molecule has 0 saturated heterocycles. The predicted octanol–water partition coefficient (Wildman–Crippen LogP) is 2.15. The van der Waals surface area contributed by atoms with Gasteiger partial charge in [0.05, 0.1) is 4.90 Å². The van der Waals surface area contributed by atoms with Crippen molar-refractivity contribution in [2.75, 3.05) is 13.1 Å². The summed E-state index contributed by atoms with van der Waals surface area (Å²) in [6, 6.07) is 6.54. The Kier molecular flexibility index (Phi) is 6.33. The zero-order valence-electron chi connectivity index (χ0n) is 14.6. The number of hydrogen-bond acceptors (Lipinski definition) is 5. The molecule has 0 saturated carbocycles. The summed E-state index contributed by atoms with van der Waals surface area (Å²) in [5, 5.41) is 2.67. The summed E-state index contributed by atoms with van der Waals surface area (Å²) >= 11 is 0. The zero-order chi connectivity index (χ0) is 18.4. The molecular weight excluding hydrogens is 342 g/mol. The van der Waals surface area contributed by atoms with Gasteiger partial charge in [0.15, 0.2) is 5.89 Å². The lowest BCUT2D eigenvalue weighted by Gasteiger charge is -2.07. The maximum Gasteiger partial charge on any atom is 0.240 e. The minimum Gasteiger partial charge on any atom is -0.446 e. The number of nitrogens with one attached hydrogen (secondary N) is 2. The standard InChI is InChI=1S/C17H23N3O4S/c1-12-17(20-14(3)24-12)15-6-8-16(9-7-15)25(22,23)19-11-5-4-10-18-13(2)21/h6-9,19H,4-5,10-11H2,1-3H3,(H,18,21). The Morgan fingerprint density at radius 1 is 1.12 bits per heavy atom. The molecule has 1 heterocycles. The van der Waals surface area contributed by atoms with Crippen molar-refractivity contribution in [1.29, 1.82) is 0 Å². The molecule has 0 atom stereocenters. The molecule has 25 heavy (non-hydrogen) atoms. The molecular formula is C17H23N3O4S. The third-order valence-corrected chi connectivity index (χ3v) is 5.09. The van der Waals surface area contributed by atoms with Crippen molar-refractivity contribution in [1.82, 2.24) is 15.0 Å². The minimum absolute atomic E-state index is 0.0850. The fraction of sp³-hybridized carbons (Fsp3) is 0.412. The Bertz CT molecular complexity index is 826. The van der Waals surface area contributed by atoms with Crippen LogP contribution in [0.1, 0.15) is 31.4 Å². The number of amides is 1. The normalized spacial score (nSPS) is 11.5. The van der Waals surface area contributed by atoms with Gasteiger partial charge in [-0.1, -0.05) is 12.1 Å². The van der Waals surface area contributed by atoms with Crippen LogP contribution in [0.2, 0.25) is 0 Å². The molecule has 0 bridgehead atoms. The monoisotopic (exact) mass is 365 g/mol. The van der Waals surface area contributed by atoms with Crippen molar-refractivity contribution in [2.24, 2.45) is 0 Å². The molecule has 1 aromatic carbocycles. The van der Waals surface area contributed by atoms with E-state index in [4.69, 9.17) is 4.42 Å². The largest absolute Gasteiger partial charge is 0.446 e. The van der Waals surface area contributed by atoms with E-state index in [1.807, 2.05) is 6.92 Å². The molecule has 0 aliphatic rings. The van der Waals surface area contributed by atoms with Crippen molar-refractivity contribution < 1.29 is 17.6 Å². The second-order valence-corrected chi connectivity index (χ2v) is 7.52. The SMILES string of the molecule is CC(=O)NCCCCNS(=O)(=O)c1ccc(-c2nc(C)oc2C)cc1. The molecule has 2 N–H and O–H groups in total. The Labute approximate surface area is 147 Å². The van der Waals surface area contributed by atoms with Gasteiger partial charge in [-0.05, 0) is 31.9 Å². The van der Waals surface area contributed by atoms with Crippen LogP contribution in [0.25, 0.3) is 11.3 Å². The van der Waals surface area contributed by atoms with Crippen molar-refractivity contribution in [3.8, 4) is 11.3 Å². The van der Waals surface area contributed by atoms with Crippen LogP contribution < -0.4 is 10.0 Å². The Morgan fingerprint density at radius 3 is 2.32 bits per heavy atom. The van der Waals surface area contributed by atoms with Gasteiger partial charge in [0, 0.05) is 32.5 Å². The fourth-order valence-electron chi connectivity index (χ4n) is 2.39. The van der Waals surface area contributed by atoms with Crippen LogP contribution in [0.15, 0.2) is 33.6 Å². The number of sulfonamides is 1. The van der Waals surface area contributed by atoms with Crippen LogP contribution >= 0.6 is 0 Å². The van der Waals surface area contributed by atoms with E-state index in [0.717, 1.165) is 5.56 Å². The highest BCUT2D eigenvalue weighted by molar-refractivity contribution is 7.89. The maximum atomic E-state index is 12.3. The summed E-state index contributed by atoms with van der Waals surface area (Å²) in [7, 11) is -3.55. The van der Waals surface area contributed by atoms with Gasteiger partial charge in [-0.2, -0.15) is 0 Å². The third-order valence-electron chi connectivity index (χ3n) is 3.61. The number of benzene rings is 1. The van der Waals surface area contributed by atoms with Crippen LogP contribution in [0.4, 0.5) is 0 Å². The fourth-order valence-corrected chi connectivity index (χ4v) is 3.47. The highest BCUT2D eigenvalue weighted by atomic mass is 32.2. The first-order chi connectivity index (χ1) is 11.8. The van der Waals surface area contributed by atoms with E-state index in [1.54, 1.807) is 31.2 Å². The van der Waals surface area contributed by atoms with Gasteiger partial charge < -0.3 is 9.73 Å². The van der Waals surface area contributed by atoms with Gasteiger partial charge >= 0.3 is 0 Å². The molecule has 0 spiro atoms. The Morgan fingerprint density at radius 2 is 1.76 bits per heavy atom. The third kappa shape index (κ3) is 5.40. The van der Waals surface area contributed by atoms with E-state index in [-0.39, 0.29) is 10.8 Å². The van der Waals surface area contributed by atoms with E-state index >= 15 is 0 Å². The van der Waals surface area contributed by atoms with E-state index in [0.29, 0.717) is 43.3 Å². The number of aryl methyl sites for hydroxylation is 2. The van der Waals surface area contributed by atoms with E-state index in [1.165, 1.54) is 6.92 Å². The van der Waals surface area contributed by atoms with Crippen molar-refractivity contribution >= 4 is 15.9 Å². The summed E-state index contributed by atoms with van der Waals surface area (Å²) in [5.41, 5.74) is 1.52. The van der Waals surface area contributed by atoms with Gasteiger partial charge in [0.1, 0.15) is 11.5 Å². The lowest BCUT2D eigenvalue weighted by molar-refractivity contribution is -0.118. The number of unbranched alkanes of at least 4 members (excludes halogenated alkanes) is 1. The molecule has 1 amide bonds. The molecule has 0 aliphatic heterocycles. The highest BCUT2D eigenvalue weighted by Gasteiger charge is 2.15. The summed E-state index contributed by atoms with van der Waals surface area (Å²) in [6.07, 6.45) is 1.36. The van der Waals surface area contributed by atoms with Crippen molar-refractivity contribution in [2.45, 2.75) is 38.5 Å². The van der Waals surface area contributed by atoms with Gasteiger partial charge in [-0.15, -0.1) is 0 Å². The van der Waals surface area contributed by atoms with Crippen LogP contribution in [0.5, 0.6) is 0 Å². The lowest BCUT2D eigenvalue weighted by Crippen LogP contribution is -2.26. The number of aromatic nitrogens is 1. The van der Waals surface area contributed by atoms with Gasteiger partial charge in [0.25, 0.3) is 0 Å².